The molecule has 0 saturated carbocycles. The molecule has 5 heteroatoms. The topological polar surface area (TPSA) is 60.9 Å². The van der Waals surface area contributed by atoms with Gasteiger partial charge in [-0.2, -0.15) is 0 Å². The van der Waals surface area contributed by atoms with E-state index in [1.165, 1.54) is 0 Å². The highest BCUT2D eigenvalue weighted by molar-refractivity contribution is 5.95. The maximum Gasteiger partial charge on any atom is 0.253 e. The first-order valence-corrected chi connectivity index (χ1v) is 9.25. The smallest absolute Gasteiger partial charge is 0.253 e. The molecule has 2 unspecified atom stereocenters. The first kappa shape index (κ1) is 17.9. The number of hydrogen-bond acceptors (Lipinski definition) is 3. The van der Waals surface area contributed by atoms with Crippen LogP contribution in [-0.4, -0.2) is 59.5 Å². The van der Waals surface area contributed by atoms with Crippen molar-refractivity contribution in [2.75, 3.05) is 32.8 Å². The lowest BCUT2D eigenvalue weighted by atomic mass is 9.95. The van der Waals surface area contributed by atoms with Crippen LogP contribution in [-0.2, 0) is 4.79 Å². The molecule has 136 valence electrons. The van der Waals surface area contributed by atoms with E-state index in [2.05, 4.69) is 6.07 Å². The third-order valence-corrected chi connectivity index (χ3v) is 5.38. The third-order valence-electron chi connectivity index (χ3n) is 5.38. The van der Waals surface area contributed by atoms with E-state index in [1.807, 2.05) is 35.8 Å². The highest BCUT2D eigenvalue weighted by Crippen LogP contribution is 2.24. The molecule has 2 aliphatic heterocycles. The van der Waals surface area contributed by atoms with Crippen molar-refractivity contribution in [2.45, 2.75) is 33.1 Å². The van der Waals surface area contributed by atoms with Crippen LogP contribution in [0.4, 0.5) is 0 Å². The Labute approximate surface area is 149 Å². The summed E-state index contributed by atoms with van der Waals surface area (Å²) in [6.07, 6.45) is 2.58. The number of nitrogens with zero attached hydrogens (tertiary/aromatic N) is 2. The van der Waals surface area contributed by atoms with Crippen molar-refractivity contribution in [1.29, 1.82) is 0 Å². The number of piperidine rings is 1. The van der Waals surface area contributed by atoms with Gasteiger partial charge in [0.05, 0.1) is 5.92 Å². The van der Waals surface area contributed by atoms with E-state index in [0.717, 1.165) is 43.5 Å². The number of aryl methyl sites for hydroxylation is 2. The Balaban J connectivity index is 1.66. The minimum atomic E-state index is -0.110. The summed E-state index contributed by atoms with van der Waals surface area (Å²) in [5, 5.41) is 9.27. The quantitative estimate of drug-likeness (QED) is 0.912. The summed E-state index contributed by atoms with van der Waals surface area (Å²) < 4.78 is 0. The van der Waals surface area contributed by atoms with Gasteiger partial charge in [-0.3, -0.25) is 9.59 Å². The summed E-state index contributed by atoms with van der Waals surface area (Å²) in [5.74, 6) is 0.273. The summed E-state index contributed by atoms with van der Waals surface area (Å²) in [6, 6.07) is 5.91. The molecule has 2 heterocycles. The molecule has 0 aliphatic carbocycles. The van der Waals surface area contributed by atoms with Gasteiger partial charge in [-0.25, -0.2) is 0 Å². The minimum Gasteiger partial charge on any atom is -0.396 e. The van der Waals surface area contributed by atoms with Gasteiger partial charge in [-0.1, -0.05) is 17.2 Å². The Morgan fingerprint density at radius 1 is 1.04 bits per heavy atom. The van der Waals surface area contributed by atoms with Gasteiger partial charge in [0.1, 0.15) is 0 Å². The van der Waals surface area contributed by atoms with E-state index >= 15 is 0 Å². The number of aliphatic hydroxyl groups excluding tert-OH is 1. The maximum absolute atomic E-state index is 12.9. The van der Waals surface area contributed by atoms with Gasteiger partial charge in [0.2, 0.25) is 5.91 Å². The van der Waals surface area contributed by atoms with Crippen molar-refractivity contribution in [3.8, 4) is 0 Å². The molecule has 2 aliphatic rings. The zero-order valence-electron chi connectivity index (χ0n) is 15.2. The molecule has 2 saturated heterocycles. The minimum absolute atomic E-state index is 0.0268. The van der Waals surface area contributed by atoms with E-state index in [4.69, 9.17) is 0 Å². The third kappa shape index (κ3) is 4.03. The number of rotatable bonds is 3. The normalized spacial score (nSPS) is 23.8. The molecule has 2 fully saturated rings. The molecule has 0 spiro atoms. The molecule has 0 bridgehead atoms. The lowest BCUT2D eigenvalue weighted by Gasteiger charge is -2.34. The second-order valence-electron chi connectivity index (χ2n) is 7.59. The highest BCUT2D eigenvalue weighted by atomic mass is 16.3. The summed E-state index contributed by atoms with van der Waals surface area (Å²) in [5.41, 5.74) is 2.88. The van der Waals surface area contributed by atoms with E-state index in [9.17, 15) is 14.7 Å². The predicted octanol–water partition coefficient (Wildman–Crippen LogP) is 2.00. The lowest BCUT2D eigenvalue weighted by molar-refractivity contribution is -0.136. The van der Waals surface area contributed by atoms with Crippen LogP contribution in [0.5, 0.6) is 0 Å². The zero-order valence-corrected chi connectivity index (χ0v) is 15.2. The first-order chi connectivity index (χ1) is 12.0. The Hall–Kier alpha value is -1.88. The first-order valence-electron chi connectivity index (χ1n) is 9.25. The molecule has 1 aromatic rings. The van der Waals surface area contributed by atoms with Crippen LogP contribution in [0.15, 0.2) is 18.2 Å². The second kappa shape index (κ2) is 7.56. The molecule has 25 heavy (non-hydrogen) atoms. The van der Waals surface area contributed by atoms with Crippen LogP contribution in [0.1, 0.15) is 40.7 Å². The van der Waals surface area contributed by atoms with Crippen molar-refractivity contribution in [2.24, 2.45) is 11.8 Å². The summed E-state index contributed by atoms with van der Waals surface area (Å²) in [6.45, 7) is 6.74. The largest absolute Gasteiger partial charge is 0.396 e. The number of likely N-dealkylation sites (tertiary alicyclic amines) is 2. The van der Waals surface area contributed by atoms with Crippen molar-refractivity contribution in [3.63, 3.8) is 0 Å². The van der Waals surface area contributed by atoms with Crippen LogP contribution in [0.25, 0.3) is 0 Å². The van der Waals surface area contributed by atoms with Crippen molar-refractivity contribution < 1.29 is 14.7 Å². The monoisotopic (exact) mass is 344 g/mol. The molecule has 2 atom stereocenters. The Morgan fingerprint density at radius 3 is 2.40 bits per heavy atom. The van der Waals surface area contributed by atoms with Gasteiger partial charge < -0.3 is 14.9 Å². The number of carbonyl (C=O) groups is 2. The summed E-state index contributed by atoms with van der Waals surface area (Å²) in [7, 11) is 0. The van der Waals surface area contributed by atoms with Gasteiger partial charge in [0, 0.05) is 44.3 Å². The van der Waals surface area contributed by atoms with Gasteiger partial charge in [-0.05, 0) is 45.2 Å². The van der Waals surface area contributed by atoms with Crippen LogP contribution < -0.4 is 0 Å². The van der Waals surface area contributed by atoms with E-state index in [0.29, 0.717) is 18.7 Å². The van der Waals surface area contributed by atoms with Gasteiger partial charge in [-0.15, -0.1) is 0 Å². The average Bonchev–Trinajstić information content (AvgIpc) is 3.09. The molecule has 0 radical (unpaired) electrons. The molecular weight excluding hydrogens is 316 g/mol. The van der Waals surface area contributed by atoms with Crippen molar-refractivity contribution in [3.05, 3.63) is 34.9 Å². The molecule has 1 N–H and O–H groups in total. The van der Waals surface area contributed by atoms with E-state index in [-0.39, 0.29) is 30.3 Å². The summed E-state index contributed by atoms with van der Waals surface area (Å²) >= 11 is 0. The Morgan fingerprint density at radius 2 is 1.76 bits per heavy atom. The zero-order chi connectivity index (χ0) is 18.0. The second-order valence-corrected chi connectivity index (χ2v) is 7.59. The van der Waals surface area contributed by atoms with Gasteiger partial charge in [0.15, 0.2) is 0 Å². The maximum atomic E-state index is 12.9. The fraction of sp³-hybridized carbons (Fsp3) is 0.600. The Bertz CT molecular complexity index is 638. The van der Waals surface area contributed by atoms with E-state index < -0.39 is 0 Å². The van der Waals surface area contributed by atoms with Gasteiger partial charge in [0.25, 0.3) is 5.91 Å². The molecule has 3 rings (SSSR count). The number of amides is 2. The van der Waals surface area contributed by atoms with Crippen LogP contribution >= 0.6 is 0 Å². The lowest BCUT2D eigenvalue weighted by Crippen LogP contribution is -2.46. The Kier molecular flexibility index (Phi) is 5.42. The molecular formula is C20H28N2O3. The van der Waals surface area contributed by atoms with Gasteiger partial charge >= 0.3 is 0 Å². The molecule has 5 nitrogen and oxygen atoms in total. The number of hydrogen-bond donors (Lipinski definition) is 1. The van der Waals surface area contributed by atoms with Crippen molar-refractivity contribution in [1.82, 2.24) is 9.80 Å². The summed E-state index contributed by atoms with van der Waals surface area (Å²) in [4.78, 5) is 29.3. The number of carbonyl (C=O) groups excluding carboxylic acids is 2. The number of benzene rings is 1. The fourth-order valence-corrected chi connectivity index (χ4v) is 4.08. The van der Waals surface area contributed by atoms with E-state index in [1.54, 1.807) is 0 Å². The predicted molar refractivity (Wildman–Crippen MR) is 96.3 cm³/mol. The standard InChI is InChI=1S/C20H28N2O3/c1-14-8-15(2)10-18(9-14)20(25)21-6-3-4-17(12-21)19(24)22-7-5-16(11-22)13-23/h8-10,16-17,23H,3-7,11-13H2,1-2H3. The van der Waals surface area contributed by atoms with Crippen LogP contribution in [0, 0.1) is 25.7 Å². The molecule has 1 aromatic carbocycles. The SMILES string of the molecule is Cc1cc(C)cc(C(=O)N2CCCC(C(=O)N3CCC(CO)C3)C2)c1. The number of aliphatic hydroxyl groups is 1. The molecule has 2 amide bonds. The highest BCUT2D eigenvalue weighted by Gasteiger charge is 2.34. The fourth-order valence-electron chi connectivity index (χ4n) is 4.08. The molecule has 0 aromatic heterocycles. The van der Waals surface area contributed by atoms with Crippen LogP contribution in [0.3, 0.4) is 0 Å². The average molecular weight is 344 g/mol. The van der Waals surface area contributed by atoms with Crippen LogP contribution in [0.2, 0.25) is 0 Å². The van der Waals surface area contributed by atoms with Crippen molar-refractivity contribution >= 4 is 11.8 Å².